The number of hydrogen-bond donors (Lipinski definition) is 1. The Morgan fingerprint density at radius 3 is 2.61 bits per heavy atom. The summed E-state index contributed by atoms with van der Waals surface area (Å²) in [5.41, 5.74) is 7.49. The van der Waals surface area contributed by atoms with E-state index in [-0.39, 0.29) is 11.4 Å². The first-order valence-electron chi connectivity index (χ1n) is 6.78. The number of carbonyl (C=O) groups excluding carboxylic acids is 1. The average molecular weight is 244 g/mol. The zero-order valence-corrected chi connectivity index (χ0v) is 10.6. The number of rotatable bonds is 3. The Kier molecular flexibility index (Phi) is 2.86. The quantitative estimate of drug-likeness (QED) is 0.883. The summed E-state index contributed by atoms with van der Waals surface area (Å²) in [6.07, 6.45) is 4.04. The molecule has 1 saturated heterocycles. The van der Waals surface area contributed by atoms with Crippen LogP contribution in [0.4, 0.5) is 0 Å². The predicted octanol–water partition coefficient (Wildman–Crippen LogP) is 1.92. The highest BCUT2D eigenvalue weighted by molar-refractivity contribution is 5.79. The van der Waals surface area contributed by atoms with E-state index in [0.717, 1.165) is 25.9 Å². The topological polar surface area (TPSA) is 46.3 Å². The fourth-order valence-electron chi connectivity index (χ4n) is 3.11. The number of nitrogens with zero attached hydrogens (tertiary/aromatic N) is 1. The zero-order chi connectivity index (χ0) is 12.6. The van der Waals surface area contributed by atoms with E-state index in [1.165, 1.54) is 12.0 Å². The Hall–Kier alpha value is -1.35. The van der Waals surface area contributed by atoms with Crippen LogP contribution in [-0.2, 0) is 11.3 Å². The summed E-state index contributed by atoms with van der Waals surface area (Å²) < 4.78 is 0. The highest BCUT2D eigenvalue weighted by atomic mass is 16.2. The first-order chi connectivity index (χ1) is 8.67. The minimum Gasteiger partial charge on any atom is -0.338 e. The van der Waals surface area contributed by atoms with Gasteiger partial charge in [-0.25, -0.2) is 0 Å². The van der Waals surface area contributed by atoms with Crippen molar-refractivity contribution in [1.82, 2.24) is 4.90 Å². The van der Waals surface area contributed by atoms with Crippen molar-refractivity contribution in [3.05, 3.63) is 35.9 Å². The third-order valence-corrected chi connectivity index (χ3v) is 4.53. The van der Waals surface area contributed by atoms with Gasteiger partial charge in [-0.3, -0.25) is 4.79 Å². The summed E-state index contributed by atoms with van der Waals surface area (Å²) in [6.45, 7) is 1.57. The van der Waals surface area contributed by atoms with Gasteiger partial charge in [0.2, 0.25) is 5.91 Å². The number of carbonyl (C=O) groups is 1. The molecule has 1 aromatic rings. The van der Waals surface area contributed by atoms with Crippen molar-refractivity contribution in [2.45, 2.75) is 37.8 Å². The van der Waals surface area contributed by atoms with Crippen LogP contribution in [0, 0.1) is 5.92 Å². The molecule has 1 unspecified atom stereocenters. The highest BCUT2D eigenvalue weighted by Gasteiger charge is 2.45. The molecule has 1 heterocycles. The maximum absolute atomic E-state index is 12.0. The Morgan fingerprint density at radius 1 is 1.28 bits per heavy atom. The minimum absolute atomic E-state index is 0.0545. The summed E-state index contributed by atoms with van der Waals surface area (Å²) in [6, 6.07) is 10.2. The molecule has 1 aromatic carbocycles. The molecule has 1 aliphatic heterocycles. The highest BCUT2D eigenvalue weighted by Crippen LogP contribution is 2.40. The van der Waals surface area contributed by atoms with Crippen LogP contribution in [-0.4, -0.2) is 22.9 Å². The van der Waals surface area contributed by atoms with E-state index in [0.29, 0.717) is 12.3 Å². The lowest BCUT2D eigenvalue weighted by Gasteiger charge is -2.42. The molecular weight excluding hydrogens is 224 g/mol. The molecule has 3 rings (SSSR count). The number of amides is 1. The summed E-state index contributed by atoms with van der Waals surface area (Å²) in [7, 11) is 0. The summed E-state index contributed by atoms with van der Waals surface area (Å²) >= 11 is 0. The first kappa shape index (κ1) is 11.7. The second-order valence-electron chi connectivity index (χ2n) is 5.75. The van der Waals surface area contributed by atoms with Crippen LogP contribution in [0.5, 0.6) is 0 Å². The second-order valence-corrected chi connectivity index (χ2v) is 5.75. The van der Waals surface area contributed by atoms with E-state index in [1.54, 1.807) is 0 Å². The maximum atomic E-state index is 12.0. The molecule has 0 spiro atoms. The van der Waals surface area contributed by atoms with E-state index >= 15 is 0 Å². The van der Waals surface area contributed by atoms with Crippen LogP contribution in [0.1, 0.15) is 31.2 Å². The molecule has 2 N–H and O–H groups in total. The first-order valence-corrected chi connectivity index (χ1v) is 6.78. The van der Waals surface area contributed by atoms with Gasteiger partial charge in [0, 0.05) is 31.0 Å². The maximum Gasteiger partial charge on any atom is 0.223 e. The van der Waals surface area contributed by atoms with E-state index in [9.17, 15) is 4.79 Å². The van der Waals surface area contributed by atoms with Crippen LogP contribution in [0.15, 0.2) is 30.3 Å². The van der Waals surface area contributed by atoms with Crippen molar-refractivity contribution >= 4 is 5.91 Å². The normalized spacial score (nSPS) is 26.2. The van der Waals surface area contributed by atoms with Crippen LogP contribution < -0.4 is 5.73 Å². The van der Waals surface area contributed by atoms with Gasteiger partial charge < -0.3 is 10.6 Å². The number of nitrogens with two attached hydrogens (primary N) is 1. The molecule has 1 aliphatic carbocycles. The molecule has 3 heteroatoms. The van der Waals surface area contributed by atoms with Crippen LogP contribution in [0.3, 0.4) is 0 Å². The van der Waals surface area contributed by atoms with E-state index < -0.39 is 0 Å². The SMILES string of the molecule is NC1(C2CC(=O)N(Cc3ccccc3)C2)CCC1. The summed E-state index contributed by atoms with van der Waals surface area (Å²) in [4.78, 5) is 14.0. The molecule has 1 atom stereocenters. The van der Waals surface area contributed by atoms with Gasteiger partial charge in [-0.2, -0.15) is 0 Å². The van der Waals surface area contributed by atoms with Gasteiger partial charge in [0.1, 0.15) is 0 Å². The lowest BCUT2D eigenvalue weighted by molar-refractivity contribution is -0.128. The van der Waals surface area contributed by atoms with E-state index in [1.807, 2.05) is 23.1 Å². The zero-order valence-electron chi connectivity index (χ0n) is 10.6. The van der Waals surface area contributed by atoms with E-state index in [4.69, 9.17) is 5.73 Å². The standard InChI is InChI=1S/C15H20N2O/c16-15(7-4-8-15)13-9-14(18)17(11-13)10-12-5-2-1-3-6-12/h1-3,5-6,13H,4,7-11,16H2. The molecule has 0 radical (unpaired) electrons. The van der Waals surface area contributed by atoms with Gasteiger partial charge in [-0.1, -0.05) is 30.3 Å². The fraction of sp³-hybridized carbons (Fsp3) is 0.533. The van der Waals surface area contributed by atoms with Gasteiger partial charge in [0.05, 0.1) is 0 Å². The molecular formula is C15H20N2O. The molecule has 18 heavy (non-hydrogen) atoms. The van der Waals surface area contributed by atoms with Crippen LogP contribution in [0.2, 0.25) is 0 Å². The number of hydrogen-bond acceptors (Lipinski definition) is 2. The van der Waals surface area contributed by atoms with Gasteiger partial charge in [0.15, 0.2) is 0 Å². The van der Waals surface area contributed by atoms with Gasteiger partial charge >= 0.3 is 0 Å². The third kappa shape index (κ3) is 2.03. The molecule has 96 valence electrons. The Balaban J connectivity index is 1.66. The lowest BCUT2D eigenvalue weighted by atomic mass is 9.68. The second kappa shape index (κ2) is 4.39. The summed E-state index contributed by atoms with van der Waals surface area (Å²) in [5.74, 6) is 0.628. The van der Waals surface area contributed by atoms with Gasteiger partial charge in [0.25, 0.3) is 0 Å². The minimum atomic E-state index is -0.0545. The molecule has 1 amide bonds. The van der Waals surface area contributed by atoms with Crippen molar-refractivity contribution in [3.8, 4) is 0 Å². The van der Waals surface area contributed by atoms with Crippen molar-refractivity contribution in [2.24, 2.45) is 11.7 Å². The number of likely N-dealkylation sites (tertiary alicyclic amines) is 1. The third-order valence-electron chi connectivity index (χ3n) is 4.53. The van der Waals surface area contributed by atoms with Crippen molar-refractivity contribution < 1.29 is 4.79 Å². The smallest absolute Gasteiger partial charge is 0.223 e. The molecule has 1 saturated carbocycles. The largest absolute Gasteiger partial charge is 0.338 e. The average Bonchev–Trinajstić information content (AvgIpc) is 2.70. The molecule has 2 fully saturated rings. The molecule has 3 nitrogen and oxygen atoms in total. The van der Waals surface area contributed by atoms with Crippen molar-refractivity contribution in [1.29, 1.82) is 0 Å². The van der Waals surface area contributed by atoms with Crippen LogP contribution in [0.25, 0.3) is 0 Å². The molecule has 2 aliphatic rings. The monoisotopic (exact) mass is 244 g/mol. The van der Waals surface area contributed by atoms with Crippen molar-refractivity contribution in [3.63, 3.8) is 0 Å². The Bertz CT molecular complexity index is 439. The summed E-state index contributed by atoms with van der Waals surface area (Å²) in [5, 5.41) is 0. The number of benzene rings is 1. The molecule has 0 bridgehead atoms. The van der Waals surface area contributed by atoms with E-state index in [2.05, 4.69) is 12.1 Å². The lowest BCUT2D eigenvalue weighted by Crippen LogP contribution is -2.53. The Labute approximate surface area is 108 Å². The predicted molar refractivity (Wildman–Crippen MR) is 70.7 cm³/mol. The van der Waals surface area contributed by atoms with Crippen molar-refractivity contribution in [2.75, 3.05) is 6.54 Å². The molecule has 0 aromatic heterocycles. The fourth-order valence-corrected chi connectivity index (χ4v) is 3.11. The van der Waals surface area contributed by atoms with Crippen LogP contribution >= 0.6 is 0 Å². The Morgan fingerprint density at radius 2 is 2.00 bits per heavy atom. The van der Waals surface area contributed by atoms with Gasteiger partial charge in [-0.05, 0) is 24.8 Å². The van der Waals surface area contributed by atoms with Gasteiger partial charge in [-0.15, -0.1) is 0 Å².